The van der Waals surface area contributed by atoms with Crippen molar-refractivity contribution in [3.05, 3.63) is 41.5 Å². The fourth-order valence-corrected chi connectivity index (χ4v) is 2.74. The van der Waals surface area contributed by atoms with Gasteiger partial charge >= 0.3 is 6.01 Å². The molecule has 0 unspecified atom stereocenters. The molecule has 0 amide bonds. The minimum absolute atomic E-state index is 0.241. The van der Waals surface area contributed by atoms with Crippen LogP contribution in [-0.2, 0) is 7.05 Å². The quantitative estimate of drug-likeness (QED) is 0.656. The van der Waals surface area contributed by atoms with Crippen molar-refractivity contribution in [1.82, 2.24) is 29.9 Å². The van der Waals surface area contributed by atoms with Crippen LogP contribution in [0.1, 0.15) is 35.6 Å². The first-order valence-corrected chi connectivity index (χ1v) is 8.51. The fourth-order valence-electron chi connectivity index (χ4n) is 2.74. The summed E-state index contributed by atoms with van der Waals surface area (Å²) in [6.07, 6.45) is 7.48. The van der Waals surface area contributed by atoms with Gasteiger partial charge in [-0.3, -0.25) is 4.68 Å². The normalized spacial score (nSPS) is 13.0. The number of hydrogen-bond donors (Lipinski definition) is 0. The number of hydrogen-bond acceptors (Lipinski definition) is 7. The third-order valence-electron chi connectivity index (χ3n) is 4.25. The Labute approximate surface area is 156 Å². The fraction of sp³-hybridized carbons (Fsp3) is 0.316. The number of nitrogens with zero attached hydrogens (tertiary/aromatic N) is 6. The maximum Gasteiger partial charge on any atom is 0.319 e. The minimum Gasteiger partial charge on any atom is -0.480 e. The predicted molar refractivity (Wildman–Crippen MR) is 97.3 cm³/mol. The molecule has 0 aromatic carbocycles. The van der Waals surface area contributed by atoms with E-state index in [1.807, 2.05) is 19.3 Å². The molecule has 0 radical (unpaired) electrons. The molecular formula is C19H18N6O2. The van der Waals surface area contributed by atoms with Crippen LogP contribution >= 0.6 is 0 Å². The van der Waals surface area contributed by atoms with Crippen molar-refractivity contribution in [2.75, 3.05) is 14.2 Å². The monoisotopic (exact) mass is 362 g/mol. The van der Waals surface area contributed by atoms with Crippen molar-refractivity contribution in [1.29, 1.82) is 0 Å². The Morgan fingerprint density at radius 3 is 2.63 bits per heavy atom. The van der Waals surface area contributed by atoms with Gasteiger partial charge in [-0.2, -0.15) is 10.1 Å². The summed E-state index contributed by atoms with van der Waals surface area (Å²) in [7, 11) is 4.92. The second-order valence-electron chi connectivity index (χ2n) is 6.24. The third-order valence-corrected chi connectivity index (χ3v) is 4.25. The zero-order valence-electron chi connectivity index (χ0n) is 15.3. The molecule has 8 nitrogen and oxygen atoms in total. The van der Waals surface area contributed by atoms with E-state index in [2.05, 4.69) is 37.1 Å². The van der Waals surface area contributed by atoms with Crippen molar-refractivity contribution < 1.29 is 9.47 Å². The van der Waals surface area contributed by atoms with Crippen LogP contribution in [0.2, 0.25) is 0 Å². The van der Waals surface area contributed by atoms with Crippen LogP contribution in [0, 0.1) is 11.8 Å². The second kappa shape index (κ2) is 7.03. The number of aryl methyl sites for hydroxylation is 1. The SMILES string of the molecule is COc1ncc(-c2cc(C3CC3)c(C#Cc3cnn(C)c3)nn2)c(OC)n1. The van der Waals surface area contributed by atoms with Gasteiger partial charge in [0.05, 0.1) is 31.5 Å². The highest BCUT2D eigenvalue weighted by Gasteiger charge is 2.28. The molecule has 0 N–H and O–H groups in total. The smallest absolute Gasteiger partial charge is 0.319 e. The lowest BCUT2D eigenvalue weighted by Gasteiger charge is -2.09. The van der Waals surface area contributed by atoms with Gasteiger partial charge in [0, 0.05) is 19.4 Å². The molecule has 1 saturated carbocycles. The predicted octanol–water partition coefficient (Wildman–Crippen LogP) is 1.96. The summed E-state index contributed by atoms with van der Waals surface area (Å²) < 4.78 is 12.1. The van der Waals surface area contributed by atoms with E-state index in [-0.39, 0.29) is 6.01 Å². The zero-order valence-corrected chi connectivity index (χ0v) is 15.3. The van der Waals surface area contributed by atoms with E-state index in [0.717, 1.165) is 24.0 Å². The second-order valence-corrected chi connectivity index (χ2v) is 6.24. The molecule has 1 aliphatic carbocycles. The van der Waals surface area contributed by atoms with Crippen molar-refractivity contribution in [3.8, 4) is 35.0 Å². The maximum atomic E-state index is 5.36. The van der Waals surface area contributed by atoms with Crippen LogP contribution in [-0.4, -0.2) is 44.2 Å². The Hall–Kier alpha value is -3.47. The molecule has 8 heteroatoms. The molecule has 0 spiro atoms. The largest absolute Gasteiger partial charge is 0.480 e. The molecule has 0 bridgehead atoms. The third kappa shape index (κ3) is 3.58. The van der Waals surface area contributed by atoms with Crippen LogP contribution in [0.25, 0.3) is 11.3 Å². The van der Waals surface area contributed by atoms with Crippen molar-refractivity contribution >= 4 is 0 Å². The molecule has 3 aromatic heterocycles. The molecule has 27 heavy (non-hydrogen) atoms. The van der Waals surface area contributed by atoms with Gasteiger partial charge in [-0.25, -0.2) is 4.98 Å². The van der Waals surface area contributed by atoms with Gasteiger partial charge in [0.2, 0.25) is 5.88 Å². The van der Waals surface area contributed by atoms with Gasteiger partial charge in [0.25, 0.3) is 0 Å². The van der Waals surface area contributed by atoms with Gasteiger partial charge < -0.3 is 9.47 Å². The topological polar surface area (TPSA) is 87.8 Å². The molecule has 0 saturated heterocycles. The van der Waals surface area contributed by atoms with E-state index < -0.39 is 0 Å². The van der Waals surface area contributed by atoms with Gasteiger partial charge in [-0.1, -0.05) is 5.92 Å². The Bertz CT molecular complexity index is 1050. The number of methoxy groups -OCH3 is 2. The Morgan fingerprint density at radius 1 is 1.11 bits per heavy atom. The van der Waals surface area contributed by atoms with Crippen LogP contribution < -0.4 is 9.47 Å². The van der Waals surface area contributed by atoms with Crippen molar-refractivity contribution in [2.24, 2.45) is 7.05 Å². The molecule has 1 fully saturated rings. The first kappa shape index (κ1) is 17.0. The van der Waals surface area contributed by atoms with Gasteiger partial charge in [-0.05, 0) is 36.3 Å². The highest BCUT2D eigenvalue weighted by molar-refractivity contribution is 5.65. The van der Waals surface area contributed by atoms with Crippen LogP contribution in [0.4, 0.5) is 0 Å². The first-order chi connectivity index (χ1) is 13.2. The van der Waals surface area contributed by atoms with Gasteiger partial charge in [-0.15, -0.1) is 10.2 Å². The lowest BCUT2D eigenvalue weighted by atomic mass is 10.1. The van der Waals surface area contributed by atoms with Gasteiger partial charge in [0.1, 0.15) is 11.4 Å². The van der Waals surface area contributed by atoms with Crippen molar-refractivity contribution in [2.45, 2.75) is 18.8 Å². The van der Waals surface area contributed by atoms with Crippen LogP contribution in [0.15, 0.2) is 24.7 Å². The summed E-state index contributed by atoms with van der Waals surface area (Å²) in [6.45, 7) is 0. The van der Waals surface area contributed by atoms with E-state index in [9.17, 15) is 0 Å². The Morgan fingerprint density at radius 2 is 1.96 bits per heavy atom. The first-order valence-electron chi connectivity index (χ1n) is 8.51. The van der Waals surface area contributed by atoms with E-state index in [1.165, 1.54) is 7.11 Å². The maximum absolute atomic E-state index is 5.36. The lowest BCUT2D eigenvalue weighted by Crippen LogP contribution is -2.01. The van der Waals surface area contributed by atoms with Crippen LogP contribution in [0.5, 0.6) is 11.9 Å². The molecule has 0 atom stereocenters. The van der Waals surface area contributed by atoms with Crippen LogP contribution in [0.3, 0.4) is 0 Å². The number of ether oxygens (including phenoxy) is 2. The molecular weight excluding hydrogens is 344 g/mol. The molecule has 1 aliphatic rings. The Balaban J connectivity index is 1.73. The van der Waals surface area contributed by atoms with E-state index in [0.29, 0.717) is 28.7 Å². The van der Waals surface area contributed by atoms with E-state index in [4.69, 9.17) is 9.47 Å². The Kier molecular flexibility index (Phi) is 4.42. The molecule has 3 aromatic rings. The summed E-state index contributed by atoms with van der Waals surface area (Å²) in [6, 6.07) is 2.25. The summed E-state index contributed by atoms with van der Waals surface area (Å²) in [5.41, 5.74) is 3.95. The van der Waals surface area contributed by atoms with E-state index in [1.54, 1.807) is 24.2 Å². The highest BCUT2D eigenvalue weighted by Crippen LogP contribution is 2.42. The zero-order chi connectivity index (χ0) is 18.8. The average molecular weight is 362 g/mol. The lowest BCUT2D eigenvalue weighted by molar-refractivity contribution is 0.353. The van der Waals surface area contributed by atoms with Crippen molar-refractivity contribution in [3.63, 3.8) is 0 Å². The average Bonchev–Trinajstić information content (AvgIpc) is 3.47. The minimum atomic E-state index is 0.241. The molecule has 3 heterocycles. The number of rotatable bonds is 4. The summed E-state index contributed by atoms with van der Waals surface area (Å²) >= 11 is 0. The summed E-state index contributed by atoms with van der Waals surface area (Å²) in [4.78, 5) is 8.37. The highest BCUT2D eigenvalue weighted by atomic mass is 16.5. The number of aromatic nitrogens is 6. The molecule has 0 aliphatic heterocycles. The standard InChI is InChI=1S/C19H18N6O2/c1-25-11-12(9-21-25)4-7-16-14(13-5-6-13)8-17(24-23-16)15-10-20-19(27-3)22-18(15)26-2/h8-11,13H,5-6H2,1-3H3. The summed E-state index contributed by atoms with van der Waals surface area (Å²) in [5, 5.41) is 12.8. The van der Waals surface area contributed by atoms with Gasteiger partial charge in [0.15, 0.2) is 0 Å². The summed E-state index contributed by atoms with van der Waals surface area (Å²) in [5.74, 6) is 7.09. The molecule has 4 rings (SSSR count). The van der Waals surface area contributed by atoms with E-state index >= 15 is 0 Å². The molecule has 136 valence electrons.